The number of nitrogens with two attached hydrogens (primary N) is 1. The van der Waals surface area contributed by atoms with E-state index in [2.05, 4.69) is 25.6 Å². The van der Waals surface area contributed by atoms with Gasteiger partial charge in [0.1, 0.15) is 0 Å². The summed E-state index contributed by atoms with van der Waals surface area (Å²) in [6, 6.07) is 8.96. The smallest absolute Gasteiger partial charge is 0.278 e. The van der Waals surface area contributed by atoms with Gasteiger partial charge < -0.3 is 21.3 Å². The number of amides is 2. The van der Waals surface area contributed by atoms with Crippen molar-refractivity contribution >= 4 is 34.7 Å². The van der Waals surface area contributed by atoms with Crippen molar-refractivity contribution in [2.45, 2.75) is 6.42 Å². The minimum Gasteiger partial charge on any atom is -0.382 e. The number of carbonyl (C=O) groups excluding carboxylic acids is 2. The lowest BCUT2D eigenvalue weighted by Crippen LogP contribution is -2.25. The minimum absolute atomic E-state index is 0.0178. The standard InChI is InChI=1S/C20H19N7O2/c1-27-8-6-17(28)24-13-4-2-3-12(9-13)14-11-23-19(21)18(25-14)20(29)26-15-10-22-7-5-16(15)27/h2-5,7,9-11H,6,8H2,1H3,(H2,21,23)(H,24,28)(H,26,29). The van der Waals surface area contributed by atoms with Crippen LogP contribution in [0, 0.1) is 0 Å². The number of hydrogen-bond acceptors (Lipinski definition) is 7. The van der Waals surface area contributed by atoms with E-state index in [1.807, 2.05) is 18.0 Å². The van der Waals surface area contributed by atoms with Crippen LogP contribution in [0.4, 0.5) is 22.9 Å². The van der Waals surface area contributed by atoms with Crippen LogP contribution in [-0.4, -0.2) is 40.4 Å². The maximum atomic E-state index is 12.9. The maximum absolute atomic E-state index is 12.9. The van der Waals surface area contributed by atoms with Crippen molar-refractivity contribution in [3.63, 3.8) is 0 Å². The first-order valence-corrected chi connectivity index (χ1v) is 9.00. The molecule has 1 aromatic carbocycles. The highest BCUT2D eigenvalue weighted by Gasteiger charge is 2.18. The van der Waals surface area contributed by atoms with Crippen LogP contribution in [-0.2, 0) is 4.79 Å². The van der Waals surface area contributed by atoms with Gasteiger partial charge in [0.2, 0.25) is 5.91 Å². The second kappa shape index (κ2) is 7.55. The summed E-state index contributed by atoms with van der Waals surface area (Å²) in [5.41, 5.74) is 8.96. The van der Waals surface area contributed by atoms with Gasteiger partial charge in [-0.1, -0.05) is 12.1 Å². The van der Waals surface area contributed by atoms with E-state index < -0.39 is 5.91 Å². The predicted molar refractivity (Wildman–Crippen MR) is 111 cm³/mol. The summed E-state index contributed by atoms with van der Waals surface area (Å²) in [7, 11) is 1.84. The fourth-order valence-electron chi connectivity index (χ4n) is 3.07. The van der Waals surface area contributed by atoms with Crippen molar-refractivity contribution < 1.29 is 9.59 Å². The highest BCUT2D eigenvalue weighted by molar-refractivity contribution is 6.07. The highest BCUT2D eigenvalue weighted by Crippen LogP contribution is 2.26. The summed E-state index contributed by atoms with van der Waals surface area (Å²) in [5, 5.41) is 5.69. The van der Waals surface area contributed by atoms with Crippen LogP contribution in [0.3, 0.4) is 0 Å². The fraction of sp³-hybridized carbons (Fsp3) is 0.150. The Morgan fingerprint density at radius 1 is 1.14 bits per heavy atom. The first-order chi connectivity index (χ1) is 14.0. The van der Waals surface area contributed by atoms with E-state index in [9.17, 15) is 9.59 Å². The number of nitrogens with zero attached hydrogens (tertiary/aromatic N) is 4. The molecule has 29 heavy (non-hydrogen) atoms. The second-order valence-corrected chi connectivity index (χ2v) is 6.64. The highest BCUT2D eigenvalue weighted by atomic mass is 16.2. The summed E-state index contributed by atoms with van der Waals surface area (Å²) in [6.45, 7) is 0.452. The molecular formula is C20H19N7O2. The number of anilines is 4. The molecule has 0 saturated carbocycles. The van der Waals surface area contributed by atoms with Gasteiger partial charge in [0.05, 0.1) is 29.5 Å². The van der Waals surface area contributed by atoms with E-state index in [0.717, 1.165) is 5.69 Å². The molecule has 0 fully saturated rings. The number of carbonyl (C=O) groups is 2. The summed E-state index contributed by atoms with van der Waals surface area (Å²) in [5.74, 6) is -0.578. The number of aromatic nitrogens is 3. The van der Waals surface area contributed by atoms with Crippen LogP contribution in [0.25, 0.3) is 11.3 Å². The van der Waals surface area contributed by atoms with Crippen LogP contribution in [0.2, 0.25) is 0 Å². The number of rotatable bonds is 0. The molecule has 4 N–H and O–H groups in total. The molecule has 0 atom stereocenters. The van der Waals surface area contributed by atoms with Gasteiger partial charge in [0, 0.05) is 37.5 Å². The van der Waals surface area contributed by atoms with Gasteiger partial charge in [0.15, 0.2) is 11.5 Å². The second-order valence-electron chi connectivity index (χ2n) is 6.64. The Kier molecular flexibility index (Phi) is 4.78. The SMILES string of the molecule is CN1CCC(=O)Nc2cccc(c2)-c2cnc(N)c(n2)C(=O)Nc2cnccc21. The zero-order valence-electron chi connectivity index (χ0n) is 15.7. The molecule has 2 amide bonds. The van der Waals surface area contributed by atoms with Crippen LogP contribution in [0.5, 0.6) is 0 Å². The Morgan fingerprint density at radius 2 is 2.00 bits per heavy atom. The Bertz CT molecular complexity index is 1100. The Hall–Kier alpha value is -4.01. The molecule has 0 radical (unpaired) electrons. The Morgan fingerprint density at radius 3 is 2.86 bits per heavy atom. The van der Waals surface area contributed by atoms with Gasteiger partial charge in [-0.15, -0.1) is 0 Å². The molecule has 0 saturated heterocycles. The molecule has 2 aromatic heterocycles. The van der Waals surface area contributed by atoms with Crippen molar-refractivity contribution in [2.24, 2.45) is 0 Å². The van der Waals surface area contributed by atoms with E-state index >= 15 is 0 Å². The fourth-order valence-corrected chi connectivity index (χ4v) is 3.07. The van der Waals surface area contributed by atoms with Crippen LogP contribution in [0.15, 0.2) is 48.9 Å². The molecule has 4 bridgehead atoms. The molecule has 3 heterocycles. The summed E-state index contributed by atoms with van der Waals surface area (Å²) < 4.78 is 0. The predicted octanol–water partition coefficient (Wildman–Crippen LogP) is 2.15. The van der Waals surface area contributed by atoms with Crippen molar-refractivity contribution in [2.75, 3.05) is 34.9 Å². The molecule has 0 unspecified atom stereocenters. The van der Waals surface area contributed by atoms with E-state index in [4.69, 9.17) is 5.73 Å². The minimum atomic E-state index is -0.486. The quantitative estimate of drug-likeness (QED) is 0.538. The number of hydrogen-bond donors (Lipinski definition) is 3. The third-order valence-corrected chi connectivity index (χ3v) is 4.59. The number of nitrogen functional groups attached to an aromatic ring is 1. The van der Waals surface area contributed by atoms with Crippen molar-refractivity contribution in [1.29, 1.82) is 0 Å². The molecule has 0 aliphatic carbocycles. The largest absolute Gasteiger partial charge is 0.382 e. The van der Waals surface area contributed by atoms with E-state index in [1.165, 1.54) is 6.20 Å². The summed E-state index contributed by atoms with van der Waals surface area (Å²) >= 11 is 0. The van der Waals surface area contributed by atoms with E-state index in [-0.39, 0.29) is 23.8 Å². The normalized spacial score (nSPS) is 14.2. The zero-order chi connectivity index (χ0) is 20.4. The van der Waals surface area contributed by atoms with E-state index in [0.29, 0.717) is 29.2 Å². The molecule has 1 aliphatic rings. The Labute approximate surface area is 167 Å². The summed E-state index contributed by atoms with van der Waals surface area (Å²) in [6.07, 6.45) is 4.93. The first-order valence-electron chi connectivity index (χ1n) is 9.00. The Balaban J connectivity index is 1.82. The lowest BCUT2D eigenvalue weighted by atomic mass is 10.1. The molecule has 9 nitrogen and oxygen atoms in total. The lowest BCUT2D eigenvalue weighted by Gasteiger charge is -2.22. The number of benzene rings is 1. The molecule has 1 aliphatic heterocycles. The molecule has 4 rings (SSSR count). The monoisotopic (exact) mass is 389 g/mol. The molecule has 146 valence electrons. The number of nitrogens with one attached hydrogen (secondary N) is 2. The van der Waals surface area contributed by atoms with Gasteiger partial charge in [-0.25, -0.2) is 9.97 Å². The zero-order valence-corrected chi connectivity index (χ0v) is 15.7. The number of pyridine rings is 1. The molecule has 0 spiro atoms. The van der Waals surface area contributed by atoms with Gasteiger partial charge in [-0.3, -0.25) is 14.6 Å². The third kappa shape index (κ3) is 3.84. The average molecular weight is 389 g/mol. The molecular weight excluding hydrogens is 370 g/mol. The van der Waals surface area contributed by atoms with Crippen molar-refractivity contribution in [3.8, 4) is 11.3 Å². The number of fused-ring (bicyclic) bond motifs is 6. The first kappa shape index (κ1) is 18.4. The van der Waals surface area contributed by atoms with Crippen LogP contribution < -0.4 is 21.3 Å². The van der Waals surface area contributed by atoms with E-state index in [1.54, 1.807) is 36.7 Å². The van der Waals surface area contributed by atoms with Gasteiger partial charge in [-0.05, 0) is 18.2 Å². The van der Waals surface area contributed by atoms with Gasteiger partial charge in [-0.2, -0.15) is 0 Å². The van der Waals surface area contributed by atoms with Gasteiger partial charge >= 0.3 is 0 Å². The van der Waals surface area contributed by atoms with Crippen LogP contribution >= 0.6 is 0 Å². The van der Waals surface area contributed by atoms with Crippen LogP contribution in [0.1, 0.15) is 16.9 Å². The summed E-state index contributed by atoms with van der Waals surface area (Å²) in [4.78, 5) is 39.7. The lowest BCUT2D eigenvalue weighted by molar-refractivity contribution is -0.116. The van der Waals surface area contributed by atoms with Crippen molar-refractivity contribution in [1.82, 2.24) is 15.0 Å². The maximum Gasteiger partial charge on any atom is 0.278 e. The van der Waals surface area contributed by atoms with Crippen molar-refractivity contribution in [3.05, 3.63) is 54.6 Å². The molecule has 3 aromatic rings. The topological polar surface area (TPSA) is 126 Å². The van der Waals surface area contributed by atoms with Gasteiger partial charge in [0.25, 0.3) is 5.91 Å². The molecule has 9 heteroatoms. The average Bonchev–Trinajstić information content (AvgIpc) is 2.72. The third-order valence-electron chi connectivity index (χ3n) is 4.59.